The molecular formula is C16H23N3O4. The van der Waals surface area contributed by atoms with E-state index < -0.39 is 0 Å². The molecule has 7 heteroatoms. The number of carbonyl (C=O) groups excluding carboxylic acids is 1. The number of ether oxygens (including phenoxy) is 1. The summed E-state index contributed by atoms with van der Waals surface area (Å²) >= 11 is 0. The highest BCUT2D eigenvalue weighted by Gasteiger charge is 2.17. The minimum Gasteiger partial charge on any atom is -0.470 e. The van der Waals surface area contributed by atoms with Crippen LogP contribution < -0.4 is 10.1 Å². The molecule has 23 heavy (non-hydrogen) atoms. The highest BCUT2D eigenvalue weighted by atomic mass is 16.5. The zero-order valence-corrected chi connectivity index (χ0v) is 14.0. The first-order chi connectivity index (χ1) is 11.0. The molecule has 0 fully saturated rings. The molecule has 7 nitrogen and oxygen atoms in total. The molecule has 0 atom stereocenters. The number of nitrogens with zero attached hydrogens (tertiary/aromatic N) is 2. The van der Waals surface area contributed by atoms with Gasteiger partial charge in [-0.15, -0.1) is 0 Å². The van der Waals surface area contributed by atoms with E-state index >= 15 is 0 Å². The van der Waals surface area contributed by atoms with Crippen LogP contribution >= 0.6 is 0 Å². The van der Waals surface area contributed by atoms with Gasteiger partial charge in [0.15, 0.2) is 0 Å². The Hall–Kier alpha value is -2.31. The second-order valence-corrected chi connectivity index (χ2v) is 5.71. The lowest BCUT2D eigenvalue weighted by Crippen LogP contribution is -2.29. The number of nitrogens with one attached hydrogen (secondary N) is 1. The number of carbonyl (C=O) groups is 1. The van der Waals surface area contributed by atoms with Crippen LogP contribution in [0.2, 0.25) is 0 Å². The number of aryl methyl sites for hydroxylation is 2. The van der Waals surface area contributed by atoms with E-state index in [1.165, 1.54) is 6.07 Å². The molecule has 2 rings (SSSR count). The Bertz CT molecular complexity index is 646. The molecule has 2 heterocycles. The fourth-order valence-corrected chi connectivity index (χ4v) is 2.08. The second-order valence-electron chi connectivity index (χ2n) is 5.71. The molecule has 0 aliphatic carbocycles. The number of aromatic nitrogens is 2. The molecule has 0 aromatic carbocycles. The monoisotopic (exact) mass is 321 g/mol. The SMILES string of the molecule is CCCCc1noc(C)c1COc1cc(C(=O)NC(C)C)on1. The van der Waals surface area contributed by atoms with E-state index in [2.05, 4.69) is 22.6 Å². The minimum atomic E-state index is -0.313. The average Bonchev–Trinajstić information content (AvgIpc) is 3.09. The first-order valence-corrected chi connectivity index (χ1v) is 7.85. The Morgan fingerprint density at radius 3 is 2.83 bits per heavy atom. The predicted octanol–water partition coefficient (Wildman–Crippen LogP) is 3.03. The van der Waals surface area contributed by atoms with Crippen molar-refractivity contribution in [3.63, 3.8) is 0 Å². The summed E-state index contributed by atoms with van der Waals surface area (Å²) in [5, 5.41) is 10.6. The zero-order valence-electron chi connectivity index (χ0n) is 14.0. The van der Waals surface area contributed by atoms with Gasteiger partial charge in [0.25, 0.3) is 11.8 Å². The lowest BCUT2D eigenvalue weighted by Gasteiger charge is -2.04. The van der Waals surface area contributed by atoms with Gasteiger partial charge in [-0.2, -0.15) is 0 Å². The zero-order chi connectivity index (χ0) is 16.8. The first kappa shape index (κ1) is 17.1. The van der Waals surface area contributed by atoms with Gasteiger partial charge in [0.05, 0.1) is 17.3 Å². The van der Waals surface area contributed by atoms with Crippen LogP contribution in [0.4, 0.5) is 0 Å². The van der Waals surface area contributed by atoms with Gasteiger partial charge in [0.2, 0.25) is 5.76 Å². The predicted molar refractivity (Wildman–Crippen MR) is 83.3 cm³/mol. The van der Waals surface area contributed by atoms with Crippen LogP contribution in [0.25, 0.3) is 0 Å². The molecule has 1 N–H and O–H groups in total. The Kier molecular flexibility index (Phi) is 5.78. The second kappa shape index (κ2) is 7.80. The molecule has 0 bridgehead atoms. The van der Waals surface area contributed by atoms with Gasteiger partial charge in [-0.1, -0.05) is 18.5 Å². The van der Waals surface area contributed by atoms with Crippen LogP contribution in [-0.2, 0) is 13.0 Å². The van der Waals surface area contributed by atoms with Gasteiger partial charge in [0.1, 0.15) is 12.4 Å². The Morgan fingerprint density at radius 2 is 2.13 bits per heavy atom. The molecule has 2 aromatic rings. The van der Waals surface area contributed by atoms with Crippen LogP contribution in [0.5, 0.6) is 5.88 Å². The van der Waals surface area contributed by atoms with Crippen molar-refractivity contribution < 1.29 is 18.6 Å². The summed E-state index contributed by atoms with van der Waals surface area (Å²) in [6.45, 7) is 8.01. The van der Waals surface area contributed by atoms with E-state index in [4.69, 9.17) is 13.8 Å². The Labute approximate surface area is 135 Å². The maximum absolute atomic E-state index is 11.8. The van der Waals surface area contributed by atoms with Gasteiger partial charge < -0.3 is 19.1 Å². The maximum atomic E-state index is 11.8. The summed E-state index contributed by atoms with van der Waals surface area (Å²) in [6.07, 6.45) is 2.99. The Balaban J connectivity index is 1.98. The summed E-state index contributed by atoms with van der Waals surface area (Å²) in [5.74, 6) is 0.812. The van der Waals surface area contributed by atoms with Crippen molar-refractivity contribution in [1.82, 2.24) is 15.6 Å². The summed E-state index contributed by atoms with van der Waals surface area (Å²) in [4.78, 5) is 11.8. The minimum absolute atomic E-state index is 0.0257. The van der Waals surface area contributed by atoms with Crippen molar-refractivity contribution >= 4 is 5.91 Å². The van der Waals surface area contributed by atoms with Gasteiger partial charge in [-0.3, -0.25) is 4.79 Å². The van der Waals surface area contributed by atoms with Crippen LogP contribution in [0, 0.1) is 6.92 Å². The van der Waals surface area contributed by atoms with E-state index in [0.29, 0.717) is 0 Å². The highest BCUT2D eigenvalue weighted by Crippen LogP contribution is 2.19. The van der Waals surface area contributed by atoms with Gasteiger partial charge in [0, 0.05) is 6.04 Å². The molecule has 126 valence electrons. The van der Waals surface area contributed by atoms with Crippen molar-refractivity contribution in [2.75, 3.05) is 0 Å². The van der Waals surface area contributed by atoms with Crippen molar-refractivity contribution in [2.24, 2.45) is 0 Å². The smallest absolute Gasteiger partial charge is 0.290 e. The summed E-state index contributed by atoms with van der Waals surface area (Å²) in [6, 6.07) is 1.50. The third kappa shape index (κ3) is 4.58. The maximum Gasteiger partial charge on any atom is 0.290 e. The number of rotatable bonds is 8. The summed E-state index contributed by atoms with van der Waals surface area (Å²) in [7, 11) is 0. The molecule has 2 aromatic heterocycles. The van der Waals surface area contributed by atoms with Gasteiger partial charge in [-0.05, 0) is 38.8 Å². The van der Waals surface area contributed by atoms with Crippen LogP contribution in [0.1, 0.15) is 61.2 Å². The number of amides is 1. The molecule has 1 amide bonds. The topological polar surface area (TPSA) is 90.4 Å². The first-order valence-electron chi connectivity index (χ1n) is 7.85. The lowest BCUT2D eigenvalue weighted by atomic mass is 10.1. The highest BCUT2D eigenvalue weighted by molar-refractivity contribution is 5.91. The van der Waals surface area contributed by atoms with Gasteiger partial charge in [-0.25, -0.2) is 0 Å². The Morgan fingerprint density at radius 1 is 1.35 bits per heavy atom. The average molecular weight is 321 g/mol. The lowest BCUT2D eigenvalue weighted by molar-refractivity contribution is 0.0905. The van der Waals surface area contributed by atoms with Crippen molar-refractivity contribution in [3.05, 3.63) is 28.8 Å². The fraction of sp³-hybridized carbons (Fsp3) is 0.562. The van der Waals surface area contributed by atoms with Gasteiger partial charge >= 0.3 is 0 Å². The fourth-order valence-electron chi connectivity index (χ4n) is 2.08. The number of hydrogen-bond acceptors (Lipinski definition) is 6. The third-order valence-electron chi connectivity index (χ3n) is 3.33. The quantitative estimate of drug-likeness (QED) is 0.803. The molecule has 0 saturated heterocycles. The van der Waals surface area contributed by atoms with E-state index in [1.54, 1.807) is 0 Å². The largest absolute Gasteiger partial charge is 0.470 e. The molecule has 0 spiro atoms. The number of unbranched alkanes of at least 4 members (excludes halogenated alkanes) is 1. The molecule has 0 aliphatic rings. The van der Waals surface area contributed by atoms with Crippen LogP contribution in [0.15, 0.2) is 15.1 Å². The van der Waals surface area contributed by atoms with Crippen LogP contribution in [0.3, 0.4) is 0 Å². The van der Waals surface area contributed by atoms with Crippen molar-refractivity contribution in [1.29, 1.82) is 0 Å². The van der Waals surface area contributed by atoms with E-state index in [0.717, 1.165) is 36.3 Å². The summed E-state index contributed by atoms with van der Waals surface area (Å²) in [5.41, 5.74) is 1.83. The normalized spacial score (nSPS) is 11.0. The van der Waals surface area contributed by atoms with E-state index in [9.17, 15) is 4.79 Å². The van der Waals surface area contributed by atoms with Crippen molar-refractivity contribution in [3.8, 4) is 5.88 Å². The molecular weight excluding hydrogens is 298 g/mol. The summed E-state index contributed by atoms with van der Waals surface area (Å²) < 4.78 is 15.8. The van der Waals surface area contributed by atoms with E-state index in [-0.39, 0.29) is 30.2 Å². The molecule has 0 unspecified atom stereocenters. The molecule has 0 radical (unpaired) electrons. The van der Waals surface area contributed by atoms with Crippen LogP contribution in [-0.4, -0.2) is 22.3 Å². The molecule has 0 saturated carbocycles. The molecule has 0 aliphatic heterocycles. The third-order valence-corrected chi connectivity index (χ3v) is 3.33. The standard InChI is InChI=1S/C16H23N3O4/c1-5-6-7-13-12(11(4)22-18-13)9-21-15-8-14(23-19-15)16(20)17-10(2)3/h8,10H,5-7,9H2,1-4H3,(H,17,20). The number of hydrogen-bond donors (Lipinski definition) is 1. The van der Waals surface area contributed by atoms with Crippen molar-refractivity contribution in [2.45, 2.75) is 59.6 Å². The van der Waals surface area contributed by atoms with E-state index in [1.807, 2.05) is 20.8 Å².